The average molecular weight is 274 g/mol. The number of aromatic nitrogens is 2. The lowest BCUT2D eigenvalue weighted by Crippen LogP contribution is -2.30. The summed E-state index contributed by atoms with van der Waals surface area (Å²) in [5.41, 5.74) is 0.773. The molecule has 0 aliphatic heterocycles. The molecule has 0 aliphatic carbocycles. The van der Waals surface area contributed by atoms with Gasteiger partial charge in [-0.05, 0) is 18.6 Å². The second-order valence-electron chi connectivity index (χ2n) is 4.49. The molecule has 0 amide bonds. The largest absolute Gasteiger partial charge is 0.480 e. The molecule has 1 aromatic carbocycles. The van der Waals surface area contributed by atoms with E-state index in [0.717, 1.165) is 17.3 Å². The Balaban J connectivity index is 2.37. The maximum Gasteiger partial charge on any atom is 0.326 e. The van der Waals surface area contributed by atoms with Gasteiger partial charge in [0.1, 0.15) is 11.9 Å². The summed E-state index contributed by atoms with van der Waals surface area (Å²) in [4.78, 5) is 19.9. The minimum Gasteiger partial charge on any atom is -0.480 e. The van der Waals surface area contributed by atoms with Gasteiger partial charge < -0.3 is 15.7 Å². The number of benzene rings is 1. The molecule has 1 heterocycles. The normalized spacial score (nSPS) is 12.1. The molecule has 20 heavy (non-hydrogen) atoms. The van der Waals surface area contributed by atoms with E-state index in [-0.39, 0.29) is 0 Å². The second-order valence-corrected chi connectivity index (χ2v) is 4.49. The zero-order chi connectivity index (χ0) is 14.5. The molecule has 0 aliphatic rings. The molecular weight excluding hydrogens is 256 g/mol. The molecule has 0 saturated heterocycles. The number of hydrogen-bond donors (Lipinski definition) is 3. The van der Waals surface area contributed by atoms with E-state index in [0.29, 0.717) is 18.2 Å². The van der Waals surface area contributed by atoms with Crippen LogP contribution in [0.2, 0.25) is 0 Å². The number of rotatable bonds is 6. The Bertz CT molecular complexity index is 615. The van der Waals surface area contributed by atoms with Crippen molar-refractivity contribution in [2.24, 2.45) is 0 Å². The maximum absolute atomic E-state index is 11.2. The Morgan fingerprint density at radius 3 is 2.75 bits per heavy atom. The van der Waals surface area contributed by atoms with Crippen LogP contribution in [0, 0.1) is 0 Å². The highest BCUT2D eigenvalue weighted by Gasteiger charge is 2.18. The summed E-state index contributed by atoms with van der Waals surface area (Å²) < 4.78 is 0. The van der Waals surface area contributed by atoms with Crippen molar-refractivity contribution in [1.82, 2.24) is 9.97 Å². The quantitative estimate of drug-likeness (QED) is 0.749. The smallest absolute Gasteiger partial charge is 0.326 e. The van der Waals surface area contributed by atoms with E-state index in [2.05, 4.69) is 20.6 Å². The lowest BCUT2D eigenvalue weighted by molar-refractivity contribution is -0.138. The Hall–Kier alpha value is -2.37. The number of carboxylic acids is 1. The minimum absolute atomic E-state index is 0.328. The summed E-state index contributed by atoms with van der Waals surface area (Å²) in [7, 11) is 1.78. The molecule has 1 atom stereocenters. The van der Waals surface area contributed by atoms with Gasteiger partial charge in [0.15, 0.2) is 0 Å². The molecule has 6 nitrogen and oxygen atoms in total. The number of fused-ring (bicyclic) bond motifs is 1. The first kappa shape index (κ1) is 14.0. The zero-order valence-electron chi connectivity index (χ0n) is 11.6. The molecule has 106 valence electrons. The molecule has 3 N–H and O–H groups in total. The second kappa shape index (κ2) is 6.18. The Morgan fingerprint density at radius 2 is 2.10 bits per heavy atom. The van der Waals surface area contributed by atoms with E-state index in [1.54, 1.807) is 7.05 Å². The molecule has 0 bridgehead atoms. The summed E-state index contributed by atoms with van der Waals surface area (Å²) in [6, 6.07) is 6.92. The fraction of sp³-hybridized carbons (Fsp3) is 0.357. The number of carboxylic acid groups (broad SMARTS) is 1. The number of anilines is 2. The van der Waals surface area contributed by atoms with Gasteiger partial charge in [-0.25, -0.2) is 9.78 Å². The topological polar surface area (TPSA) is 87.1 Å². The number of hydrogen-bond acceptors (Lipinski definition) is 5. The van der Waals surface area contributed by atoms with Gasteiger partial charge in [-0.3, -0.25) is 0 Å². The summed E-state index contributed by atoms with van der Waals surface area (Å²) in [5, 5.41) is 16.0. The van der Waals surface area contributed by atoms with Crippen LogP contribution in [0.15, 0.2) is 24.3 Å². The maximum atomic E-state index is 11.2. The van der Waals surface area contributed by atoms with Gasteiger partial charge in [0, 0.05) is 12.4 Å². The molecule has 0 fully saturated rings. The minimum atomic E-state index is -0.894. The fourth-order valence-corrected chi connectivity index (χ4v) is 2.03. The first-order valence-corrected chi connectivity index (χ1v) is 6.59. The molecular formula is C14H18N4O2. The van der Waals surface area contributed by atoms with E-state index in [1.807, 2.05) is 31.2 Å². The third kappa shape index (κ3) is 2.96. The van der Waals surface area contributed by atoms with Crippen molar-refractivity contribution in [2.45, 2.75) is 25.8 Å². The van der Waals surface area contributed by atoms with E-state index < -0.39 is 12.0 Å². The Morgan fingerprint density at radius 1 is 1.35 bits per heavy atom. The van der Waals surface area contributed by atoms with Crippen LogP contribution in [0.25, 0.3) is 10.9 Å². The van der Waals surface area contributed by atoms with Gasteiger partial charge in [-0.1, -0.05) is 25.5 Å². The van der Waals surface area contributed by atoms with Crippen molar-refractivity contribution in [3.8, 4) is 0 Å². The van der Waals surface area contributed by atoms with Crippen LogP contribution >= 0.6 is 0 Å². The highest BCUT2D eigenvalue weighted by molar-refractivity contribution is 5.90. The van der Waals surface area contributed by atoms with Gasteiger partial charge in [0.25, 0.3) is 0 Å². The van der Waals surface area contributed by atoms with Crippen LogP contribution in [0.5, 0.6) is 0 Å². The molecule has 1 unspecified atom stereocenters. The summed E-state index contributed by atoms with van der Waals surface area (Å²) >= 11 is 0. The van der Waals surface area contributed by atoms with Crippen molar-refractivity contribution in [3.05, 3.63) is 24.3 Å². The van der Waals surface area contributed by atoms with Crippen LogP contribution in [0.1, 0.15) is 19.8 Å². The van der Waals surface area contributed by atoms with Gasteiger partial charge in [-0.2, -0.15) is 4.98 Å². The van der Waals surface area contributed by atoms with Crippen molar-refractivity contribution < 1.29 is 9.90 Å². The predicted octanol–water partition coefficient (Wildman–Crippen LogP) is 2.34. The Kier molecular flexibility index (Phi) is 4.34. The van der Waals surface area contributed by atoms with E-state index >= 15 is 0 Å². The van der Waals surface area contributed by atoms with E-state index in [9.17, 15) is 9.90 Å². The average Bonchev–Trinajstić information content (AvgIpc) is 2.45. The van der Waals surface area contributed by atoms with Crippen LogP contribution in [0.4, 0.5) is 11.8 Å². The Labute approximate surface area is 117 Å². The van der Waals surface area contributed by atoms with Crippen molar-refractivity contribution in [2.75, 3.05) is 17.7 Å². The summed E-state index contributed by atoms with van der Waals surface area (Å²) in [6.07, 6.45) is 1.30. The van der Waals surface area contributed by atoms with Crippen molar-refractivity contribution >= 4 is 28.6 Å². The van der Waals surface area contributed by atoms with Crippen molar-refractivity contribution in [3.63, 3.8) is 0 Å². The third-order valence-electron chi connectivity index (χ3n) is 3.02. The first-order chi connectivity index (χ1) is 9.65. The van der Waals surface area contributed by atoms with Crippen molar-refractivity contribution in [1.29, 1.82) is 0 Å². The summed E-state index contributed by atoms with van der Waals surface area (Å²) in [5.74, 6) is 0.113. The van der Waals surface area contributed by atoms with Crippen LogP contribution in [-0.4, -0.2) is 34.1 Å². The molecule has 6 heteroatoms. The van der Waals surface area contributed by atoms with E-state index in [1.165, 1.54) is 0 Å². The van der Waals surface area contributed by atoms with Gasteiger partial charge in [-0.15, -0.1) is 0 Å². The molecule has 2 aromatic rings. The van der Waals surface area contributed by atoms with E-state index in [4.69, 9.17) is 0 Å². The van der Waals surface area contributed by atoms with Gasteiger partial charge in [0.2, 0.25) is 5.95 Å². The molecule has 0 radical (unpaired) electrons. The number of nitrogens with one attached hydrogen (secondary N) is 2. The summed E-state index contributed by atoms with van der Waals surface area (Å²) in [6.45, 7) is 1.94. The zero-order valence-corrected chi connectivity index (χ0v) is 11.6. The lowest BCUT2D eigenvalue weighted by Gasteiger charge is -2.15. The third-order valence-corrected chi connectivity index (χ3v) is 3.02. The van der Waals surface area contributed by atoms with Crippen LogP contribution in [0.3, 0.4) is 0 Å². The monoisotopic (exact) mass is 274 g/mol. The molecule has 1 aromatic heterocycles. The highest BCUT2D eigenvalue weighted by atomic mass is 16.4. The fourth-order valence-electron chi connectivity index (χ4n) is 2.03. The molecule has 2 rings (SSSR count). The highest BCUT2D eigenvalue weighted by Crippen LogP contribution is 2.21. The number of aliphatic carboxylic acids is 1. The number of carbonyl (C=O) groups is 1. The SMILES string of the molecule is CCCC(Nc1nc(NC)c2ccccc2n1)C(=O)O. The standard InChI is InChI=1S/C14H18N4O2/c1-3-6-11(13(19)20)17-14-16-10-8-5-4-7-9(10)12(15-2)18-14/h4-5,7-8,11H,3,6H2,1-2H3,(H,19,20)(H2,15,16,17,18). The van der Waals surface area contributed by atoms with Gasteiger partial charge >= 0.3 is 5.97 Å². The number of nitrogens with zero attached hydrogens (tertiary/aromatic N) is 2. The van der Waals surface area contributed by atoms with Gasteiger partial charge in [0.05, 0.1) is 5.52 Å². The molecule has 0 saturated carbocycles. The van der Waals surface area contributed by atoms with Crippen LogP contribution in [-0.2, 0) is 4.79 Å². The first-order valence-electron chi connectivity index (χ1n) is 6.59. The molecule has 0 spiro atoms. The lowest BCUT2D eigenvalue weighted by atomic mass is 10.2. The predicted molar refractivity (Wildman–Crippen MR) is 79.0 cm³/mol. The number of para-hydroxylation sites is 1. The van der Waals surface area contributed by atoms with Crippen LogP contribution < -0.4 is 10.6 Å².